The van der Waals surface area contributed by atoms with E-state index in [4.69, 9.17) is 4.74 Å². The Balaban J connectivity index is 1.91. The van der Waals surface area contributed by atoms with Crippen LogP contribution < -0.4 is 4.74 Å². The van der Waals surface area contributed by atoms with E-state index in [9.17, 15) is 9.90 Å². The Hall–Kier alpha value is -2.30. The van der Waals surface area contributed by atoms with Crippen LogP contribution in [-0.4, -0.2) is 35.4 Å². The number of fused-ring (bicyclic) bond motifs is 1. The number of nitrogens with zero attached hydrogens (tertiary/aromatic N) is 2. The lowest BCUT2D eigenvalue weighted by molar-refractivity contribution is -0.122. The molecule has 110 valence electrons. The largest absolute Gasteiger partial charge is 0.504 e. The highest BCUT2D eigenvalue weighted by Crippen LogP contribution is 2.29. The van der Waals surface area contributed by atoms with Gasteiger partial charge in [-0.15, -0.1) is 0 Å². The van der Waals surface area contributed by atoms with E-state index in [-0.39, 0.29) is 11.7 Å². The maximum absolute atomic E-state index is 12.4. The van der Waals surface area contributed by atoms with Crippen LogP contribution in [0.3, 0.4) is 0 Å². The maximum Gasteiger partial charge on any atom is 0.277 e. The van der Waals surface area contributed by atoms with Gasteiger partial charge in [-0.3, -0.25) is 9.69 Å². The summed E-state index contributed by atoms with van der Waals surface area (Å²) in [4.78, 5) is 18.6. The van der Waals surface area contributed by atoms with Crippen LogP contribution in [0.2, 0.25) is 0 Å². The van der Waals surface area contributed by atoms with E-state index in [1.807, 2.05) is 0 Å². The van der Waals surface area contributed by atoms with Crippen LogP contribution in [0.1, 0.15) is 31.2 Å². The molecule has 21 heavy (non-hydrogen) atoms. The molecular weight excluding hydrogens is 268 g/mol. The fourth-order valence-electron chi connectivity index (χ4n) is 2.69. The van der Waals surface area contributed by atoms with Crippen molar-refractivity contribution in [2.24, 2.45) is 4.99 Å². The number of ether oxygens (including phenoxy) is 1. The average molecular weight is 286 g/mol. The van der Waals surface area contributed by atoms with Gasteiger partial charge in [0.05, 0.1) is 7.11 Å². The molecule has 2 heterocycles. The van der Waals surface area contributed by atoms with Gasteiger partial charge < -0.3 is 9.84 Å². The summed E-state index contributed by atoms with van der Waals surface area (Å²) in [6.07, 6.45) is 5.87. The lowest BCUT2D eigenvalue weighted by atomic mass is 10.1. The zero-order valence-corrected chi connectivity index (χ0v) is 12.0. The van der Waals surface area contributed by atoms with Crippen molar-refractivity contribution in [2.45, 2.75) is 25.7 Å². The molecule has 1 aromatic carbocycles. The second kappa shape index (κ2) is 5.60. The monoisotopic (exact) mass is 286 g/mol. The van der Waals surface area contributed by atoms with Crippen molar-refractivity contribution in [3.8, 4) is 11.5 Å². The molecule has 0 spiro atoms. The summed E-state index contributed by atoms with van der Waals surface area (Å²) in [5.41, 5.74) is 1.25. The fourth-order valence-corrected chi connectivity index (χ4v) is 2.69. The van der Waals surface area contributed by atoms with E-state index >= 15 is 0 Å². The molecular formula is C16H18N2O3. The predicted octanol–water partition coefficient (Wildman–Crippen LogP) is 2.56. The van der Waals surface area contributed by atoms with Gasteiger partial charge in [-0.05, 0) is 36.6 Å². The molecule has 0 aliphatic carbocycles. The molecule has 0 radical (unpaired) electrons. The highest BCUT2D eigenvalue weighted by molar-refractivity contribution is 6.14. The third-order valence-electron chi connectivity index (χ3n) is 3.81. The van der Waals surface area contributed by atoms with Crippen LogP contribution in [0.25, 0.3) is 6.08 Å². The van der Waals surface area contributed by atoms with Gasteiger partial charge in [0.2, 0.25) is 0 Å². The maximum atomic E-state index is 12.4. The minimum Gasteiger partial charge on any atom is -0.504 e. The normalized spacial score (nSPS) is 20.2. The second-order valence-corrected chi connectivity index (χ2v) is 5.26. The molecule has 1 aromatic rings. The number of amidine groups is 1. The number of hydrogen-bond acceptors (Lipinski definition) is 4. The average Bonchev–Trinajstić information content (AvgIpc) is 2.67. The molecule has 0 bridgehead atoms. The van der Waals surface area contributed by atoms with E-state index in [1.54, 1.807) is 29.2 Å². The highest BCUT2D eigenvalue weighted by atomic mass is 16.5. The van der Waals surface area contributed by atoms with Crippen molar-refractivity contribution in [1.29, 1.82) is 0 Å². The van der Waals surface area contributed by atoms with E-state index in [2.05, 4.69) is 4.99 Å². The number of methoxy groups -OCH3 is 1. The first-order valence-corrected chi connectivity index (χ1v) is 7.17. The smallest absolute Gasteiger partial charge is 0.277 e. The van der Waals surface area contributed by atoms with Gasteiger partial charge in [0.1, 0.15) is 11.5 Å². The van der Waals surface area contributed by atoms with Crippen molar-refractivity contribution >= 4 is 17.8 Å². The first-order valence-electron chi connectivity index (χ1n) is 7.17. The minimum absolute atomic E-state index is 0.0288. The first-order chi connectivity index (χ1) is 10.2. The number of aliphatic imine (C=N–C) groups is 1. The quantitative estimate of drug-likeness (QED) is 0.850. The third kappa shape index (κ3) is 2.63. The van der Waals surface area contributed by atoms with Crippen molar-refractivity contribution < 1.29 is 14.6 Å². The predicted molar refractivity (Wildman–Crippen MR) is 80.3 cm³/mol. The number of benzene rings is 1. The Kier molecular flexibility index (Phi) is 3.64. The number of amides is 1. The Morgan fingerprint density at radius 2 is 2.19 bits per heavy atom. The zero-order chi connectivity index (χ0) is 14.8. The lowest BCUT2D eigenvalue weighted by Crippen LogP contribution is -2.31. The first kappa shape index (κ1) is 13.7. The minimum atomic E-state index is -0.0288. The molecule has 1 fully saturated rings. The molecule has 2 aliphatic rings. The lowest BCUT2D eigenvalue weighted by Gasteiger charge is -2.14. The molecule has 1 N–H and O–H groups in total. The van der Waals surface area contributed by atoms with E-state index in [1.165, 1.54) is 7.11 Å². The Morgan fingerprint density at radius 1 is 1.33 bits per heavy atom. The van der Waals surface area contributed by atoms with Gasteiger partial charge in [0.15, 0.2) is 11.5 Å². The number of rotatable bonds is 2. The third-order valence-corrected chi connectivity index (χ3v) is 3.81. The molecule has 0 aromatic heterocycles. The van der Waals surface area contributed by atoms with E-state index in [0.29, 0.717) is 11.4 Å². The number of carbonyl (C=O) groups is 1. The van der Waals surface area contributed by atoms with Crippen molar-refractivity contribution in [2.75, 3.05) is 13.7 Å². The molecule has 3 rings (SSSR count). The topological polar surface area (TPSA) is 62.1 Å². The molecule has 5 heteroatoms. The van der Waals surface area contributed by atoms with Crippen LogP contribution in [0.4, 0.5) is 0 Å². The number of carbonyl (C=O) groups excluding carboxylic acids is 1. The molecule has 0 saturated carbocycles. The van der Waals surface area contributed by atoms with Crippen LogP contribution in [0.5, 0.6) is 11.5 Å². The highest BCUT2D eigenvalue weighted by Gasteiger charge is 2.30. The van der Waals surface area contributed by atoms with Crippen molar-refractivity contribution in [1.82, 2.24) is 4.90 Å². The Bertz CT molecular complexity index is 634. The summed E-state index contributed by atoms with van der Waals surface area (Å²) in [6.45, 7) is 0.758. The molecule has 1 amide bonds. The van der Waals surface area contributed by atoms with Gasteiger partial charge in [-0.2, -0.15) is 0 Å². The zero-order valence-electron chi connectivity index (χ0n) is 12.0. The summed E-state index contributed by atoms with van der Waals surface area (Å²) in [5, 5.41) is 9.60. The van der Waals surface area contributed by atoms with Gasteiger partial charge in [-0.1, -0.05) is 12.5 Å². The van der Waals surface area contributed by atoms with Gasteiger partial charge in [-0.25, -0.2) is 4.99 Å². The summed E-state index contributed by atoms with van der Waals surface area (Å²) in [5.74, 6) is 1.32. The Labute approximate surface area is 123 Å². The van der Waals surface area contributed by atoms with Gasteiger partial charge >= 0.3 is 0 Å². The molecule has 0 atom stereocenters. The summed E-state index contributed by atoms with van der Waals surface area (Å²) in [6, 6.07) is 4.98. The molecule has 0 unspecified atom stereocenters. The summed E-state index contributed by atoms with van der Waals surface area (Å²) >= 11 is 0. The van der Waals surface area contributed by atoms with Gasteiger partial charge in [0, 0.05) is 13.0 Å². The van der Waals surface area contributed by atoms with Crippen molar-refractivity contribution in [3.63, 3.8) is 0 Å². The van der Waals surface area contributed by atoms with Crippen LogP contribution in [0, 0.1) is 0 Å². The van der Waals surface area contributed by atoms with E-state index < -0.39 is 0 Å². The summed E-state index contributed by atoms with van der Waals surface area (Å²) < 4.78 is 5.08. The number of phenolic OH excluding ortho intramolecular Hbond substituents is 1. The molecule has 1 saturated heterocycles. The second-order valence-electron chi connectivity index (χ2n) is 5.26. The SMILES string of the molecule is COc1cc(/C=C2\N=C3CCCCCN3C2=O)ccc1O. The summed E-state index contributed by atoms with van der Waals surface area (Å²) in [7, 11) is 1.50. The number of aromatic hydroxyl groups is 1. The Morgan fingerprint density at radius 3 is 3.00 bits per heavy atom. The molecule has 2 aliphatic heterocycles. The van der Waals surface area contributed by atoms with Crippen LogP contribution in [0.15, 0.2) is 28.9 Å². The number of hydrogen-bond donors (Lipinski definition) is 1. The van der Waals surface area contributed by atoms with E-state index in [0.717, 1.165) is 43.6 Å². The van der Waals surface area contributed by atoms with Gasteiger partial charge in [0.25, 0.3) is 5.91 Å². The van der Waals surface area contributed by atoms with Crippen LogP contribution >= 0.6 is 0 Å². The van der Waals surface area contributed by atoms with Crippen molar-refractivity contribution in [3.05, 3.63) is 29.5 Å². The molecule has 5 nitrogen and oxygen atoms in total. The van der Waals surface area contributed by atoms with Crippen LogP contribution in [-0.2, 0) is 4.79 Å². The number of phenols is 1. The standard InChI is InChI=1S/C16H18N2O3/c1-21-14-10-11(6-7-13(14)19)9-12-16(20)18-8-4-2-3-5-15(18)17-12/h6-7,9-10,19H,2-5,8H2,1H3/b12-9-. The fraction of sp³-hybridized carbons (Fsp3) is 0.375.